The van der Waals surface area contributed by atoms with Gasteiger partial charge < -0.3 is 15.4 Å². The van der Waals surface area contributed by atoms with Gasteiger partial charge in [0.05, 0.1) is 12.1 Å². The van der Waals surface area contributed by atoms with Crippen LogP contribution in [0.5, 0.6) is 5.75 Å². The summed E-state index contributed by atoms with van der Waals surface area (Å²) < 4.78 is 5.64. The standard InChI is InChI=1S/C20H26N2OS/c1-13(2)23-18-9-7-17(8-10-18)22-20(24)21-16(5)19-11-6-14(3)12-15(19)4/h6-13,16H,1-5H3,(H2,21,22,24)/t16-/m0/s1. The topological polar surface area (TPSA) is 33.3 Å². The van der Waals surface area contributed by atoms with Gasteiger partial charge in [-0.15, -0.1) is 0 Å². The van der Waals surface area contributed by atoms with Crippen molar-refractivity contribution in [2.75, 3.05) is 5.32 Å². The summed E-state index contributed by atoms with van der Waals surface area (Å²) in [6.07, 6.45) is 0.171. The molecule has 0 saturated carbocycles. The monoisotopic (exact) mass is 342 g/mol. The lowest BCUT2D eigenvalue weighted by molar-refractivity contribution is 0.242. The number of ether oxygens (including phenoxy) is 1. The first-order chi connectivity index (χ1) is 11.3. The highest BCUT2D eigenvalue weighted by Gasteiger charge is 2.10. The Morgan fingerprint density at radius 1 is 1.00 bits per heavy atom. The molecule has 0 radical (unpaired) electrons. The second-order valence-corrected chi connectivity index (χ2v) is 6.78. The van der Waals surface area contributed by atoms with Crippen LogP contribution in [-0.2, 0) is 0 Å². The summed E-state index contributed by atoms with van der Waals surface area (Å²) in [7, 11) is 0. The Bertz CT molecular complexity index is 695. The summed E-state index contributed by atoms with van der Waals surface area (Å²) in [6, 6.07) is 14.4. The fourth-order valence-corrected chi connectivity index (χ4v) is 2.94. The Kier molecular flexibility index (Phi) is 6.21. The maximum atomic E-state index is 5.64. The third kappa shape index (κ3) is 5.24. The van der Waals surface area contributed by atoms with Crippen molar-refractivity contribution < 1.29 is 4.74 Å². The van der Waals surface area contributed by atoms with Crippen LogP contribution in [0, 0.1) is 13.8 Å². The highest BCUT2D eigenvalue weighted by atomic mass is 32.1. The van der Waals surface area contributed by atoms with E-state index in [0.717, 1.165) is 11.4 Å². The minimum atomic E-state index is 0.147. The molecule has 0 unspecified atom stereocenters. The minimum absolute atomic E-state index is 0.147. The molecule has 0 bridgehead atoms. The lowest BCUT2D eigenvalue weighted by Gasteiger charge is -2.19. The summed E-state index contributed by atoms with van der Waals surface area (Å²) >= 11 is 5.43. The van der Waals surface area contributed by atoms with E-state index in [1.165, 1.54) is 16.7 Å². The molecule has 1 atom stereocenters. The first-order valence-electron chi connectivity index (χ1n) is 8.26. The van der Waals surface area contributed by atoms with Crippen LogP contribution in [0.25, 0.3) is 0 Å². The molecule has 2 N–H and O–H groups in total. The molecule has 2 aromatic carbocycles. The first kappa shape index (κ1) is 18.3. The predicted octanol–water partition coefficient (Wildman–Crippen LogP) is 5.14. The molecule has 2 rings (SSSR count). The molecule has 24 heavy (non-hydrogen) atoms. The molecule has 0 heterocycles. The van der Waals surface area contributed by atoms with Gasteiger partial charge in [0.25, 0.3) is 0 Å². The van der Waals surface area contributed by atoms with Crippen LogP contribution in [-0.4, -0.2) is 11.2 Å². The normalized spacial score (nSPS) is 11.9. The summed E-state index contributed by atoms with van der Waals surface area (Å²) in [5, 5.41) is 7.17. The van der Waals surface area contributed by atoms with Gasteiger partial charge in [0.2, 0.25) is 0 Å². The fraction of sp³-hybridized carbons (Fsp3) is 0.350. The maximum Gasteiger partial charge on any atom is 0.171 e. The van der Waals surface area contributed by atoms with Gasteiger partial charge >= 0.3 is 0 Å². The van der Waals surface area contributed by atoms with E-state index in [1.54, 1.807) is 0 Å². The van der Waals surface area contributed by atoms with Crippen LogP contribution >= 0.6 is 12.2 Å². The Hall–Kier alpha value is -2.07. The maximum absolute atomic E-state index is 5.64. The summed E-state index contributed by atoms with van der Waals surface area (Å²) in [6.45, 7) is 10.4. The SMILES string of the molecule is Cc1ccc([C@H](C)NC(=S)Nc2ccc(OC(C)C)cc2)c(C)c1. The van der Waals surface area contributed by atoms with E-state index in [1.807, 2.05) is 38.1 Å². The second-order valence-electron chi connectivity index (χ2n) is 6.37. The molecule has 2 aromatic rings. The zero-order valence-corrected chi connectivity index (χ0v) is 15.8. The molecule has 0 fully saturated rings. The van der Waals surface area contributed by atoms with Crippen molar-refractivity contribution in [3.8, 4) is 5.75 Å². The van der Waals surface area contributed by atoms with Gasteiger partial charge in [-0.05, 0) is 82.2 Å². The van der Waals surface area contributed by atoms with Gasteiger partial charge in [0.1, 0.15) is 5.75 Å². The van der Waals surface area contributed by atoms with Gasteiger partial charge in [0, 0.05) is 5.69 Å². The van der Waals surface area contributed by atoms with Crippen LogP contribution in [0.2, 0.25) is 0 Å². The van der Waals surface area contributed by atoms with E-state index < -0.39 is 0 Å². The molecule has 3 nitrogen and oxygen atoms in total. The average molecular weight is 343 g/mol. The Morgan fingerprint density at radius 3 is 2.25 bits per heavy atom. The molecule has 0 aliphatic heterocycles. The molecule has 0 aromatic heterocycles. The van der Waals surface area contributed by atoms with E-state index in [0.29, 0.717) is 5.11 Å². The molecule has 128 valence electrons. The zero-order valence-electron chi connectivity index (χ0n) is 15.0. The highest BCUT2D eigenvalue weighted by Crippen LogP contribution is 2.20. The molecular formula is C20H26N2OS. The number of benzene rings is 2. The van der Waals surface area contributed by atoms with Crippen molar-refractivity contribution >= 4 is 23.0 Å². The summed E-state index contributed by atoms with van der Waals surface area (Å²) in [4.78, 5) is 0. The lowest BCUT2D eigenvalue weighted by atomic mass is 10.0. The molecule has 0 aliphatic rings. The van der Waals surface area contributed by atoms with Gasteiger partial charge in [0.15, 0.2) is 5.11 Å². The van der Waals surface area contributed by atoms with Crippen molar-refractivity contribution in [2.45, 2.75) is 46.8 Å². The lowest BCUT2D eigenvalue weighted by Crippen LogP contribution is -2.31. The van der Waals surface area contributed by atoms with E-state index in [4.69, 9.17) is 17.0 Å². The Labute approximate surface area is 150 Å². The minimum Gasteiger partial charge on any atom is -0.491 e. The number of anilines is 1. The molecule has 0 amide bonds. The average Bonchev–Trinajstić information content (AvgIpc) is 2.48. The summed E-state index contributed by atoms with van der Waals surface area (Å²) in [5.41, 5.74) is 4.74. The first-order valence-corrected chi connectivity index (χ1v) is 8.67. The third-order valence-corrected chi connectivity index (χ3v) is 3.94. The molecular weight excluding hydrogens is 316 g/mol. The number of nitrogens with one attached hydrogen (secondary N) is 2. The predicted molar refractivity (Wildman–Crippen MR) is 106 cm³/mol. The van der Waals surface area contributed by atoms with E-state index >= 15 is 0 Å². The van der Waals surface area contributed by atoms with E-state index in [2.05, 4.69) is 49.6 Å². The van der Waals surface area contributed by atoms with Crippen molar-refractivity contribution in [2.24, 2.45) is 0 Å². The molecule has 0 spiro atoms. The summed E-state index contributed by atoms with van der Waals surface area (Å²) in [5.74, 6) is 0.859. The molecule has 4 heteroatoms. The van der Waals surface area contributed by atoms with Crippen LogP contribution in [0.3, 0.4) is 0 Å². The van der Waals surface area contributed by atoms with Crippen LogP contribution in [0.4, 0.5) is 5.69 Å². The van der Waals surface area contributed by atoms with Crippen molar-refractivity contribution in [3.63, 3.8) is 0 Å². The largest absolute Gasteiger partial charge is 0.491 e. The Balaban J connectivity index is 1.95. The quantitative estimate of drug-likeness (QED) is 0.737. The fourth-order valence-electron chi connectivity index (χ4n) is 2.64. The second kappa shape index (κ2) is 8.15. The van der Waals surface area contributed by atoms with Gasteiger partial charge in [-0.3, -0.25) is 0 Å². The van der Waals surface area contributed by atoms with Crippen molar-refractivity contribution in [3.05, 3.63) is 59.2 Å². The van der Waals surface area contributed by atoms with E-state index in [9.17, 15) is 0 Å². The van der Waals surface area contributed by atoms with E-state index in [-0.39, 0.29) is 12.1 Å². The van der Waals surface area contributed by atoms with Crippen LogP contribution in [0.15, 0.2) is 42.5 Å². The number of thiocarbonyl (C=S) groups is 1. The third-order valence-electron chi connectivity index (χ3n) is 3.72. The zero-order chi connectivity index (χ0) is 17.7. The van der Waals surface area contributed by atoms with Crippen LogP contribution in [0.1, 0.15) is 43.5 Å². The van der Waals surface area contributed by atoms with Crippen molar-refractivity contribution in [1.82, 2.24) is 5.32 Å². The number of hydrogen-bond acceptors (Lipinski definition) is 2. The highest BCUT2D eigenvalue weighted by molar-refractivity contribution is 7.80. The van der Waals surface area contributed by atoms with Gasteiger partial charge in [-0.25, -0.2) is 0 Å². The Morgan fingerprint density at radius 2 is 1.67 bits per heavy atom. The number of aryl methyl sites for hydroxylation is 2. The van der Waals surface area contributed by atoms with Crippen molar-refractivity contribution in [1.29, 1.82) is 0 Å². The van der Waals surface area contributed by atoms with Crippen LogP contribution < -0.4 is 15.4 Å². The number of rotatable bonds is 5. The molecule has 0 saturated heterocycles. The van der Waals surface area contributed by atoms with Gasteiger partial charge in [-0.1, -0.05) is 23.8 Å². The van der Waals surface area contributed by atoms with Gasteiger partial charge in [-0.2, -0.15) is 0 Å². The number of hydrogen-bond donors (Lipinski definition) is 2. The smallest absolute Gasteiger partial charge is 0.171 e. The molecule has 0 aliphatic carbocycles.